The lowest BCUT2D eigenvalue weighted by Crippen LogP contribution is -2.47. The number of ether oxygens (including phenoxy) is 3. The van der Waals surface area contributed by atoms with Gasteiger partial charge in [0.1, 0.15) is 18.9 Å². The van der Waals surface area contributed by atoms with E-state index in [-0.39, 0.29) is 35.9 Å². The number of esters is 2. The van der Waals surface area contributed by atoms with Gasteiger partial charge in [-0.1, -0.05) is 23.5 Å². The molecular formula is C21H23N3O7S. The average Bonchev–Trinajstić information content (AvgIpc) is 3.09. The molecule has 1 aliphatic heterocycles. The highest BCUT2D eigenvalue weighted by Crippen LogP contribution is 2.29. The van der Waals surface area contributed by atoms with Crippen molar-refractivity contribution in [1.82, 2.24) is 15.2 Å². The first-order chi connectivity index (χ1) is 15.3. The molecule has 0 spiro atoms. The van der Waals surface area contributed by atoms with Crippen molar-refractivity contribution in [1.29, 1.82) is 0 Å². The Hall–Kier alpha value is -3.60. The molecule has 2 amide bonds. The summed E-state index contributed by atoms with van der Waals surface area (Å²) in [5.41, 5.74) is 1.48. The van der Waals surface area contributed by atoms with E-state index in [1.54, 1.807) is 43.5 Å². The standard InChI is InChI=1S/C21H23N3O7S/c1-4-30-19(26)17-15(10-31-16(25)9-24-12(2)11-32-21(24)28)22-20(27)23-18(17)13-5-7-14(29-3)8-6-13/h5-8,11,18H,4,9-10H2,1-3H3,(H2,22,23,27)/t18-/m1/s1. The Morgan fingerprint density at radius 3 is 2.47 bits per heavy atom. The molecule has 0 bridgehead atoms. The molecule has 3 rings (SSSR count). The van der Waals surface area contributed by atoms with Gasteiger partial charge in [0.15, 0.2) is 0 Å². The number of nitrogens with one attached hydrogen (secondary N) is 2. The van der Waals surface area contributed by atoms with Crippen molar-refractivity contribution in [3.05, 3.63) is 61.8 Å². The van der Waals surface area contributed by atoms with E-state index in [2.05, 4.69) is 10.6 Å². The Morgan fingerprint density at radius 1 is 1.16 bits per heavy atom. The summed E-state index contributed by atoms with van der Waals surface area (Å²) in [5.74, 6) is -0.723. The maximum Gasteiger partial charge on any atom is 0.338 e. The summed E-state index contributed by atoms with van der Waals surface area (Å²) in [7, 11) is 1.53. The third-order valence-electron chi connectivity index (χ3n) is 4.74. The minimum atomic E-state index is -0.816. The second kappa shape index (κ2) is 10.1. The number of aryl methyl sites for hydroxylation is 1. The Labute approximate surface area is 187 Å². The maximum atomic E-state index is 12.7. The van der Waals surface area contributed by atoms with Gasteiger partial charge in [0.25, 0.3) is 0 Å². The summed E-state index contributed by atoms with van der Waals surface area (Å²) in [5, 5.41) is 6.86. The molecule has 2 N–H and O–H groups in total. The van der Waals surface area contributed by atoms with Crippen molar-refractivity contribution in [3.8, 4) is 5.75 Å². The predicted molar refractivity (Wildman–Crippen MR) is 115 cm³/mol. The molecule has 0 fully saturated rings. The van der Waals surface area contributed by atoms with Gasteiger partial charge in [0, 0.05) is 11.1 Å². The zero-order chi connectivity index (χ0) is 23.3. The number of carbonyl (C=O) groups is 3. The molecule has 2 aromatic rings. The van der Waals surface area contributed by atoms with Crippen LogP contribution < -0.4 is 20.2 Å². The summed E-state index contributed by atoms with van der Waals surface area (Å²) in [6, 6.07) is 5.45. The van der Waals surface area contributed by atoms with E-state index in [0.717, 1.165) is 11.3 Å². The number of carbonyl (C=O) groups excluding carboxylic acids is 3. The molecular weight excluding hydrogens is 438 g/mol. The number of thiazole rings is 1. The first kappa shape index (κ1) is 23.1. The summed E-state index contributed by atoms with van der Waals surface area (Å²) >= 11 is 0.985. The molecule has 32 heavy (non-hydrogen) atoms. The van der Waals surface area contributed by atoms with Crippen LogP contribution in [0.15, 0.2) is 45.7 Å². The zero-order valence-corrected chi connectivity index (χ0v) is 18.6. The predicted octanol–water partition coefficient (Wildman–Crippen LogP) is 1.64. The molecule has 0 unspecified atom stereocenters. The third-order valence-corrected chi connectivity index (χ3v) is 5.62. The lowest BCUT2D eigenvalue weighted by Gasteiger charge is -2.29. The van der Waals surface area contributed by atoms with Crippen molar-refractivity contribution in [3.63, 3.8) is 0 Å². The molecule has 170 valence electrons. The first-order valence-electron chi connectivity index (χ1n) is 9.76. The summed E-state index contributed by atoms with van der Waals surface area (Å²) < 4.78 is 16.9. The Balaban J connectivity index is 1.87. The molecule has 1 aromatic carbocycles. The van der Waals surface area contributed by atoms with Gasteiger partial charge in [-0.05, 0) is 31.5 Å². The number of methoxy groups -OCH3 is 1. The molecule has 1 atom stereocenters. The summed E-state index contributed by atoms with van der Waals surface area (Å²) in [4.78, 5) is 48.9. The van der Waals surface area contributed by atoms with Gasteiger partial charge in [-0.25, -0.2) is 9.59 Å². The molecule has 0 saturated carbocycles. The molecule has 10 nitrogen and oxygen atoms in total. The normalized spacial score (nSPS) is 15.6. The first-order valence-corrected chi connectivity index (χ1v) is 10.6. The van der Waals surface area contributed by atoms with Gasteiger partial charge in [-0.3, -0.25) is 14.2 Å². The fourth-order valence-electron chi connectivity index (χ4n) is 3.15. The highest BCUT2D eigenvalue weighted by molar-refractivity contribution is 7.07. The SMILES string of the molecule is CCOC(=O)C1=C(COC(=O)Cn2c(C)csc2=O)NC(=O)N[C@@H]1c1ccc(OC)cc1. The number of urea groups is 1. The number of hydrogen-bond acceptors (Lipinski definition) is 8. The fourth-order valence-corrected chi connectivity index (χ4v) is 3.89. The molecule has 2 heterocycles. The van der Waals surface area contributed by atoms with Crippen LogP contribution in [0.4, 0.5) is 4.79 Å². The van der Waals surface area contributed by atoms with Crippen LogP contribution in [0, 0.1) is 6.92 Å². The topological polar surface area (TPSA) is 125 Å². The highest BCUT2D eigenvalue weighted by atomic mass is 32.1. The third kappa shape index (κ3) is 5.17. The van der Waals surface area contributed by atoms with Crippen molar-refractivity contribution >= 4 is 29.3 Å². The molecule has 0 saturated heterocycles. The molecule has 1 aliphatic rings. The molecule has 1 aromatic heterocycles. The number of rotatable bonds is 8. The smallest absolute Gasteiger partial charge is 0.338 e. The second-order valence-corrected chi connectivity index (χ2v) is 7.63. The average molecular weight is 461 g/mol. The Kier molecular flexibility index (Phi) is 7.31. The summed E-state index contributed by atoms with van der Waals surface area (Å²) in [6.45, 7) is 2.85. The van der Waals surface area contributed by atoms with Crippen molar-refractivity contribution < 1.29 is 28.6 Å². The van der Waals surface area contributed by atoms with Crippen molar-refractivity contribution in [2.24, 2.45) is 0 Å². The number of benzene rings is 1. The van der Waals surface area contributed by atoms with E-state index < -0.39 is 24.0 Å². The molecule has 0 aliphatic carbocycles. The lowest BCUT2D eigenvalue weighted by atomic mass is 9.95. The monoisotopic (exact) mass is 461 g/mol. The van der Waals surface area contributed by atoms with Gasteiger partial charge in [0.05, 0.1) is 31.0 Å². The van der Waals surface area contributed by atoms with Crippen LogP contribution in [0.25, 0.3) is 0 Å². The Morgan fingerprint density at radius 2 is 1.88 bits per heavy atom. The minimum Gasteiger partial charge on any atom is -0.497 e. The van der Waals surface area contributed by atoms with E-state index >= 15 is 0 Å². The van der Waals surface area contributed by atoms with Crippen LogP contribution in [0.5, 0.6) is 5.75 Å². The van der Waals surface area contributed by atoms with E-state index in [4.69, 9.17) is 14.2 Å². The number of amides is 2. The highest BCUT2D eigenvalue weighted by Gasteiger charge is 2.34. The van der Waals surface area contributed by atoms with Crippen LogP contribution in [0.1, 0.15) is 24.2 Å². The summed E-state index contributed by atoms with van der Waals surface area (Å²) in [6.07, 6.45) is 0. The minimum absolute atomic E-state index is 0.107. The van der Waals surface area contributed by atoms with E-state index in [1.807, 2.05) is 0 Å². The Bertz CT molecular complexity index is 1100. The number of nitrogens with zero attached hydrogens (tertiary/aromatic N) is 1. The van der Waals surface area contributed by atoms with Gasteiger partial charge < -0.3 is 24.8 Å². The van der Waals surface area contributed by atoms with Crippen molar-refractivity contribution in [2.45, 2.75) is 26.4 Å². The van der Waals surface area contributed by atoms with Gasteiger partial charge in [0.2, 0.25) is 0 Å². The van der Waals surface area contributed by atoms with Gasteiger partial charge in [-0.15, -0.1) is 0 Å². The number of aromatic nitrogens is 1. The van der Waals surface area contributed by atoms with E-state index in [0.29, 0.717) is 17.0 Å². The van der Waals surface area contributed by atoms with Crippen LogP contribution in [-0.4, -0.2) is 42.9 Å². The van der Waals surface area contributed by atoms with Crippen LogP contribution >= 0.6 is 11.3 Å². The number of hydrogen-bond donors (Lipinski definition) is 2. The maximum absolute atomic E-state index is 12.7. The second-order valence-electron chi connectivity index (χ2n) is 6.81. The van der Waals surface area contributed by atoms with Crippen LogP contribution in [0.2, 0.25) is 0 Å². The fraction of sp³-hybridized carbons (Fsp3) is 0.333. The van der Waals surface area contributed by atoms with Gasteiger partial charge in [-0.2, -0.15) is 0 Å². The van der Waals surface area contributed by atoms with Crippen LogP contribution in [0.3, 0.4) is 0 Å². The van der Waals surface area contributed by atoms with Gasteiger partial charge >= 0.3 is 22.8 Å². The quantitative estimate of drug-likeness (QED) is 0.573. The van der Waals surface area contributed by atoms with Crippen LogP contribution in [-0.2, 0) is 25.6 Å². The van der Waals surface area contributed by atoms with E-state index in [9.17, 15) is 19.2 Å². The van der Waals surface area contributed by atoms with Crippen molar-refractivity contribution in [2.75, 3.05) is 20.3 Å². The molecule has 0 radical (unpaired) electrons. The van der Waals surface area contributed by atoms with E-state index in [1.165, 1.54) is 11.7 Å². The largest absolute Gasteiger partial charge is 0.497 e. The zero-order valence-electron chi connectivity index (χ0n) is 17.8. The lowest BCUT2D eigenvalue weighted by molar-refractivity contribution is -0.144. The molecule has 11 heteroatoms.